The van der Waals surface area contributed by atoms with Gasteiger partial charge in [0, 0.05) is 31.4 Å². The van der Waals surface area contributed by atoms with E-state index >= 15 is 0 Å². The van der Waals surface area contributed by atoms with E-state index in [1.165, 1.54) is 22.1 Å². The number of phenols is 1. The molecule has 5 nitrogen and oxygen atoms in total. The van der Waals surface area contributed by atoms with Gasteiger partial charge in [0.1, 0.15) is 10.6 Å². The summed E-state index contributed by atoms with van der Waals surface area (Å²) < 4.78 is 28.1. The topological polar surface area (TPSA) is 60.9 Å². The van der Waals surface area contributed by atoms with Crippen molar-refractivity contribution in [3.05, 3.63) is 42.5 Å². The van der Waals surface area contributed by atoms with Crippen molar-refractivity contribution < 1.29 is 13.5 Å². The molecule has 7 heteroatoms. The lowest BCUT2D eigenvalue weighted by molar-refractivity contribution is 0.351. The molecule has 0 aliphatic carbocycles. The largest absolute Gasteiger partial charge is 0.507 e. The first kappa shape index (κ1) is 20.0. The monoisotopic (exact) mass is 406 g/mol. The van der Waals surface area contributed by atoms with Gasteiger partial charge in [0.05, 0.1) is 10.6 Å². The molecule has 1 aliphatic heterocycles. The van der Waals surface area contributed by atoms with Gasteiger partial charge in [0.25, 0.3) is 0 Å². The quantitative estimate of drug-likeness (QED) is 0.744. The Labute approximate surface area is 166 Å². The molecular formula is C20H26N2O3S2. The van der Waals surface area contributed by atoms with Crippen molar-refractivity contribution in [3.63, 3.8) is 0 Å². The predicted molar refractivity (Wildman–Crippen MR) is 112 cm³/mol. The van der Waals surface area contributed by atoms with Gasteiger partial charge in [-0.15, -0.1) is 11.8 Å². The standard InChI is InChI=1S/C20H26N2O3S2/c1-4-5-9-16-14-22(15-10-7-6-8-11-15)17-12-19(26-3)18(23)13-20(17)27(24,25)21(16)2/h6-8,10-13,16,23H,4-5,9,14H2,1-3H3/t16-/m0/s1. The molecule has 146 valence electrons. The van der Waals surface area contributed by atoms with Crippen molar-refractivity contribution in [3.8, 4) is 5.75 Å². The Morgan fingerprint density at radius 1 is 1.22 bits per heavy atom. The number of hydrogen-bond donors (Lipinski definition) is 1. The number of nitrogens with zero attached hydrogens (tertiary/aromatic N) is 2. The molecule has 0 spiro atoms. The lowest BCUT2D eigenvalue weighted by Gasteiger charge is -2.29. The summed E-state index contributed by atoms with van der Waals surface area (Å²) in [6.45, 7) is 2.68. The summed E-state index contributed by atoms with van der Waals surface area (Å²) in [4.78, 5) is 2.89. The van der Waals surface area contributed by atoms with Gasteiger partial charge in [-0.1, -0.05) is 38.0 Å². The van der Waals surface area contributed by atoms with E-state index in [9.17, 15) is 13.5 Å². The van der Waals surface area contributed by atoms with Crippen LogP contribution in [0.2, 0.25) is 0 Å². The molecule has 0 aromatic heterocycles. The number of sulfonamides is 1. The third kappa shape index (κ3) is 3.81. The summed E-state index contributed by atoms with van der Waals surface area (Å²) >= 11 is 1.40. The molecule has 27 heavy (non-hydrogen) atoms. The van der Waals surface area contributed by atoms with E-state index in [4.69, 9.17) is 0 Å². The summed E-state index contributed by atoms with van der Waals surface area (Å²) in [5.41, 5.74) is 1.57. The first-order chi connectivity index (χ1) is 12.9. The van der Waals surface area contributed by atoms with Crippen LogP contribution in [0, 0.1) is 0 Å². The molecule has 3 rings (SSSR count). The number of likely N-dealkylation sites (N-methyl/N-ethyl adjacent to an activating group) is 1. The minimum atomic E-state index is -3.70. The van der Waals surface area contributed by atoms with Crippen LogP contribution in [0.25, 0.3) is 0 Å². The Morgan fingerprint density at radius 2 is 1.93 bits per heavy atom. The number of para-hydroxylation sites is 1. The van der Waals surface area contributed by atoms with Crippen LogP contribution in [-0.2, 0) is 10.0 Å². The SMILES string of the molecule is CCCC[C@H]1CN(c2ccccc2)c2cc(SC)c(O)cc2S(=O)(=O)N1C. The highest BCUT2D eigenvalue weighted by Gasteiger charge is 2.37. The first-order valence-corrected chi connectivity index (χ1v) is 11.8. The van der Waals surface area contributed by atoms with Gasteiger partial charge in [0.15, 0.2) is 0 Å². The van der Waals surface area contributed by atoms with Crippen LogP contribution in [-0.4, -0.2) is 43.7 Å². The van der Waals surface area contributed by atoms with Crippen molar-refractivity contribution in [1.82, 2.24) is 4.31 Å². The maximum atomic E-state index is 13.3. The Bertz CT molecular complexity index is 901. The van der Waals surface area contributed by atoms with Crippen LogP contribution in [0.1, 0.15) is 26.2 Å². The van der Waals surface area contributed by atoms with Gasteiger partial charge in [-0.3, -0.25) is 0 Å². The Hall–Kier alpha value is -1.70. The molecule has 1 heterocycles. The Kier molecular flexibility index (Phi) is 6.03. The number of aromatic hydroxyl groups is 1. The second kappa shape index (κ2) is 8.12. The fourth-order valence-electron chi connectivity index (χ4n) is 3.46. The number of unbranched alkanes of at least 4 members (excludes halogenated alkanes) is 1. The Morgan fingerprint density at radius 3 is 2.56 bits per heavy atom. The molecule has 0 unspecified atom stereocenters. The number of phenolic OH excluding ortho intramolecular Hbond substituents is 1. The number of benzene rings is 2. The summed E-state index contributed by atoms with van der Waals surface area (Å²) in [5, 5.41) is 10.3. The third-order valence-electron chi connectivity index (χ3n) is 5.07. The van der Waals surface area contributed by atoms with Gasteiger partial charge in [-0.05, 0) is 30.9 Å². The molecular weight excluding hydrogens is 380 g/mol. The van der Waals surface area contributed by atoms with Crippen LogP contribution < -0.4 is 4.90 Å². The van der Waals surface area contributed by atoms with E-state index in [0.717, 1.165) is 24.9 Å². The molecule has 1 atom stereocenters. The van der Waals surface area contributed by atoms with Crippen molar-refractivity contribution in [2.45, 2.75) is 42.0 Å². The summed E-state index contributed by atoms with van der Waals surface area (Å²) in [7, 11) is -2.06. The summed E-state index contributed by atoms with van der Waals surface area (Å²) in [6.07, 6.45) is 4.64. The lowest BCUT2D eigenvalue weighted by atomic mass is 10.1. The highest BCUT2D eigenvalue weighted by Crippen LogP contribution is 2.42. The normalized spacial score (nSPS) is 19.5. The second-order valence-corrected chi connectivity index (χ2v) is 9.57. The van der Waals surface area contributed by atoms with Crippen molar-refractivity contribution in [2.24, 2.45) is 0 Å². The number of fused-ring (bicyclic) bond motifs is 1. The minimum absolute atomic E-state index is 0.00163. The van der Waals surface area contributed by atoms with Crippen molar-refractivity contribution in [1.29, 1.82) is 0 Å². The minimum Gasteiger partial charge on any atom is -0.507 e. The highest BCUT2D eigenvalue weighted by molar-refractivity contribution is 7.98. The summed E-state index contributed by atoms with van der Waals surface area (Å²) in [5.74, 6) is -0.00163. The van der Waals surface area contributed by atoms with Crippen LogP contribution in [0.4, 0.5) is 11.4 Å². The van der Waals surface area contributed by atoms with E-state index in [1.807, 2.05) is 36.6 Å². The average molecular weight is 407 g/mol. The fourth-order valence-corrected chi connectivity index (χ4v) is 5.53. The maximum absolute atomic E-state index is 13.3. The number of anilines is 2. The Balaban J connectivity index is 2.23. The molecule has 0 amide bonds. The number of rotatable bonds is 5. The third-order valence-corrected chi connectivity index (χ3v) is 7.78. The molecule has 1 aliphatic rings. The van der Waals surface area contributed by atoms with Gasteiger partial charge in [0.2, 0.25) is 10.0 Å². The second-order valence-electron chi connectivity index (χ2n) is 6.76. The van der Waals surface area contributed by atoms with Crippen LogP contribution in [0.15, 0.2) is 52.3 Å². The zero-order chi connectivity index (χ0) is 19.6. The van der Waals surface area contributed by atoms with E-state index in [2.05, 4.69) is 11.8 Å². The number of hydrogen-bond acceptors (Lipinski definition) is 5. The van der Waals surface area contributed by atoms with E-state index in [0.29, 0.717) is 17.1 Å². The zero-order valence-electron chi connectivity index (χ0n) is 15.9. The predicted octanol–water partition coefficient (Wildman–Crippen LogP) is 4.45. The van der Waals surface area contributed by atoms with Gasteiger partial charge in [-0.25, -0.2) is 8.42 Å². The van der Waals surface area contributed by atoms with Gasteiger partial charge < -0.3 is 10.0 Å². The van der Waals surface area contributed by atoms with Crippen molar-refractivity contribution in [2.75, 3.05) is 24.7 Å². The van der Waals surface area contributed by atoms with E-state index in [-0.39, 0.29) is 16.7 Å². The molecule has 0 saturated carbocycles. The number of thioether (sulfide) groups is 1. The van der Waals surface area contributed by atoms with Crippen LogP contribution in [0.5, 0.6) is 5.75 Å². The fraction of sp³-hybridized carbons (Fsp3) is 0.400. The molecule has 0 saturated heterocycles. The molecule has 2 aromatic carbocycles. The molecule has 0 fully saturated rings. The smallest absolute Gasteiger partial charge is 0.245 e. The first-order valence-electron chi connectivity index (χ1n) is 9.11. The van der Waals surface area contributed by atoms with Crippen LogP contribution in [0.3, 0.4) is 0 Å². The lowest BCUT2D eigenvalue weighted by Crippen LogP contribution is -2.40. The van der Waals surface area contributed by atoms with Crippen molar-refractivity contribution >= 4 is 33.2 Å². The molecule has 1 N–H and O–H groups in total. The average Bonchev–Trinajstić information content (AvgIpc) is 2.75. The van der Waals surface area contributed by atoms with E-state index in [1.54, 1.807) is 13.1 Å². The zero-order valence-corrected chi connectivity index (χ0v) is 17.6. The molecule has 0 bridgehead atoms. The molecule has 0 radical (unpaired) electrons. The summed E-state index contributed by atoms with van der Waals surface area (Å²) in [6, 6.07) is 12.9. The van der Waals surface area contributed by atoms with Crippen LogP contribution >= 0.6 is 11.8 Å². The van der Waals surface area contributed by atoms with Gasteiger partial charge >= 0.3 is 0 Å². The highest BCUT2D eigenvalue weighted by atomic mass is 32.2. The van der Waals surface area contributed by atoms with Gasteiger partial charge in [-0.2, -0.15) is 4.31 Å². The maximum Gasteiger partial charge on any atom is 0.245 e. The molecule has 2 aromatic rings. The van der Waals surface area contributed by atoms with E-state index < -0.39 is 10.0 Å².